The number of halogens is 3. The third kappa shape index (κ3) is 3.66. The lowest BCUT2D eigenvalue weighted by atomic mass is 10.2. The lowest BCUT2D eigenvalue weighted by molar-refractivity contribution is -0.143. The van der Waals surface area contributed by atoms with Gasteiger partial charge < -0.3 is 15.4 Å². The van der Waals surface area contributed by atoms with E-state index >= 15 is 0 Å². The van der Waals surface area contributed by atoms with Crippen LogP contribution in [0, 0.1) is 0 Å². The number of nitrogens with two attached hydrogens (primary N) is 1. The second-order valence-electron chi connectivity index (χ2n) is 5.09. The van der Waals surface area contributed by atoms with Crippen molar-refractivity contribution in [3.8, 4) is 5.75 Å². The van der Waals surface area contributed by atoms with E-state index in [4.69, 9.17) is 10.5 Å². The maximum Gasteiger partial charge on any atom is 0.419 e. The van der Waals surface area contributed by atoms with Crippen molar-refractivity contribution in [3.63, 3.8) is 0 Å². The summed E-state index contributed by atoms with van der Waals surface area (Å²) < 4.78 is 43.8. The molecule has 2 atom stereocenters. The Kier molecular flexibility index (Phi) is 4.41. The van der Waals surface area contributed by atoms with E-state index in [9.17, 15) is 18.0 Å². The molecule has 21 heavy (non-hydrogen) atoms. The maximum atomic E-state index is 12.9. The first-order valence-electron chi connectivity index (χ1n) is 6.66. The third-order valence-corrected chi connectivity index (χ3v) is 3.38. The molecule has 2 rings (SSSR count). The number of hydrogen-bond acceptors (Lipinski definition) is 3. The number of benzene rings is 1. The molecule has 0 unspecified atom stereocenters. The summed E-state index contributed by atoms with van der Waals surface area (Å²) in [5, 5.41) is 0. The van der Waals surface area contributed by atoms with Crippen LogP contribution in [0.5, 0.6) is 5.75 Å². The van der Waals surface area contributed by atoms with Crippen LogP contribution in [0.3, 0.4) is 0 Å². The summed E-state index contributed by atoms with van der Waals surface area (Å²) in [6, 6.07) is 4.78. The third-order valence-electron chi connectivity index (χ3n) is 3.38. The summed E-state index contributed by atoms with van der Waals surface area (Å²) in [5.74, 6) is -0.686. The minimum absolute atomic E-state index is 0.0800. The zero-order valence-electron chi connectivity index (χ0n) is 11.6. The van der Waals surface area contributed by atoms with E-state index < -0.39 is 17.8 Å². The van der Waals surface area contributed by atoms with Gasteiger partial charge in [0.1, 0.15) is 5.75 Å². The van der Waals surface area contributed by atoms with Crippen molar-refractivity contribution in [1.82, 2.24) is 4.90 Å². The van der Waals surface area contributed by atoms with Crippen molar-refractivity contribution >= 4 is 5.91 Å². The molecule has 2 N–H and O–H groups in total. The number of para-hydroxylation sites is 1. The molecule has 1 aliphatic heterocycles. The quantitative estimate of drug-likeness (QED) is 0.929. The Morgan fingerprint density at radius 3 is 2.67 bits per heavy atom. The van der Waals surface area contributed by atoms with Gasteiger partial charge in [-0.2, -0.15) is 13.2 Å². The largest absolute Gasteiger partial charge is 0.480 e. The fourth-order valence-electron chi connectivity index (χ4n) is 2.29. The number of rotatable bonds is 3. The van der Waals surface area contributed by atoms with Crippen molar-refractivity contribution in [2.45, 2.75) is 31.7 Å². The first-order valence-corrected chi connectivity index (χ1v) is 6.66. The van der Waals surface area contributed by atoms with E-state index in [1.54, 1.807) is 0 Å². The molecule has 1 aromatic carbocycles. The molecule has 0 aromatic heterocycles. The monoisotopic (exact) mass is 302 g/mol. The lowest BCUT2D eigenvalue weighted by Gasteiger charge is -2.23. The Labute approximate surface area is 120 Å². The maximum absolute atomic E-state index is 12.9. The van der Waals surface area contributed by atoms with Gasteiger partial charge >= 0.3 is 6.18 Å². The highest BCUT2D eigenvalue weighted by Crippen LogP contribution is 2.36. The van der Waals surface area contributed by atoms with Gasteiger partial charge in [-0.05, 0) is 25.5 Å². The molecule has 1 fully saturated rings. The number of likely N-dealkylation sites (tertiary alicyclic amines) is 1. The fraction of sp³-hybridized carbons (Fsp3) is 0.500. The van der Waals surface area contributed by atoms with Crippen LogP contribution in [0.4, 0.5) is 13.2 Å². The van der Waals surface area contributed by atoms with Crippen LogP contribution in [-0.2, 0) is 11.0 Å². The second-order valence-corrected chi connectivity index (χ2v) is 5.09. The van der Waals surface area contributed by atoms with Gasteiger partial charge in [0.25, 0.3) is 5.91 Å². The summed E-state index contributed by atoms with van der Waals surface area (Å²) in [4.78, 5) is 13.6. The molecule has 1 aliphatic rings. The summed E-state index contributed by atoms with van der Waals surface area (Å²) in [6.45, 7) is 2.36. The van der Waals surface area contributed by atoms with Gasteiger partial charge in [0.15, 0.2) is 6.10 Å². The van der Waals surface area contributed by atoms with Crippen LogP contribution in [0.1, 0.15) is 18.9 Å². The lowest BCUT2D eigenvalue weighted by Crippen LogP contribution is -2.40. The van der Waals surface area contributed by atoms with Crippen LogP contribution in [0.15, 0.2) is 24.3 Å². The van der Waals surface area contributed by atoms with Crippen LogP contribution in [0.2, 0.25) is 0 Å². The summed E-state index contributed by atoms with van der Waals surface area (Å²) in [7, 11) is 0. The highest BCUT2D eigenvalue weighted by atomic mass is 19.4. The molecular weight excluding hydrogens is 285 g/mol. The molecule has 0 saturated carbocycles. The van der Waals surface area contributed by atoms with Crippen LogP contribution in [-0.4, -0.2) is 36.0 Å². The van der Waals surface area contributed by atoms with E-state index in [-0.39, 0.29) is 17.7 Å². The Morgan fingerprint density at radius 1 is 1.43 bits per heavy atom. The topological polar surface area (TPSA) is 55.6 Å². The Bertz CT molecular complexity index is 519. The Hall–Kier alpha value is -1.76. The number of alkyl halides is 3. The SMILES string of the molecule is C[C@@H](Oc1ccccc1C(F)(F)F)C(=O)N1CC[C@@H](N)C1. The number of carbonyl (C=O) groups is 1. The Balaban J connectivity index is 2.09. The normalized spacial score (nSPS) is 20.4. The van der Waals surface area contributed by atoms with Gasteiger partial charge in [-0.15, -0.1) is 0 Å². The number of carbonyl (C=O) groups excluding carboxylic acids is 1. The zero-order chi connectivity index (χ0) is 15.6. The van der Waals surface area contributed by atoms with Crippen molar-refractivity contribution in [1.29, 1.82) is 0 Å². The number of amides is 1. The van der Waals surface area contributed by atoms with E-state index in [0.29, 0.717) is 19.5 Å². The first-order chi connectivity index (χ1) is 9.79. The van der Waals surface area contributed by atoms with Gasteiger partial charge in [0.2, 0.25) is 0 Å². The smallest absolute Gasteiger partial charge is 0.419 e. The average Bonchev–Trinajstić information content (AvgIpc) is 2.84. The van der Waals surface area contributed by atoms with Crippen molar-refractivity contribution < 1.29 is 22.7 Å². The Morgan fingerprint density at radius 2 is 2.10 bits per heavy atom. The standard InChI is InChI=1S/C14H17F3N2O2/c1-9(13(20)19-7-6-10(18)8-19)21-12-5-3-2-4-11(12)14(15,16)17/h2-5,9-10H,6-8,18H2,1H3/t9-,10-/m1/s1. The van der Waals surface area contributed by atoms with Crippen LogP contribution >= 0.6 is 0 Å². The molecule has 0 spiro atoms. The van der Waals surface area contributed by atoms with Gasteiger partial charge in [0, 0.05) is 19.1 Å². The molecule has 116 valence electrons. The van der Waals surface area contributed by atoms with Crippen molar-refractivity contribution in [2.24, 2.45) is 5.73 Å². The summed E-state index contributed by atoms with van der Waals surface area (Å²) in [5.41, 5.74) is 4.83. The average molecular weight is 302 g/mol. The molecule has 0 aliphatic carbocycles. The van der Waals surface area contributed by atoms with Gasteiger partial charge in [0.05, 0.1) is 5.56 Å². The first kappa shape index (κ1) is 15.6. The number of ether oxygens (including phenoxy) is 1. The zero-order valence-corrected chi connectivity index (χ0v) is 11.6. The van der Waals surface area contributed by atoms with E-state index in [1.807, 2.05) is 0 Å². The van der Waals surface area contributed by atoms with E-state index in [0.717, 1.165) is 6.07 Å². The molecule has 4 nitrogen and oxygen atoms in total. The summed E-state index contributed by atoms with van der Waals surface area (Å²) >= 11 is 0. The minimum Gasteiger partial charge on any atom is -0.480 e. The highest BCUT2D eigenvalue weighted by Gasteiger charge is 2.35. The minimum atomic E-state index is -4.52. The van der Waals surface area contributed by atoms with Crippen molar-refractivity contribution in [2.75, 3.05) is 13.1 Å². The van der Waals surface area contributed by atoms with E-state index in [2.05, 4.69) is 0 Å². The van der Waals surface area contributed by atoms with Crippen LogP contribution < -0.4 is 10.5 Å². The molecular formula is C14H17F3N2O2. The number of nitrogens with zero attached hydrogens (tertiary/aromatic N) is 1. The fourth-order valence-corrected chi connectivity index (χ4v) is 2.29. The highest BCUT2D eigenvalue weighted by molar-refractivity contribution is 5.81. The van der Waals surface area contributed by atoms with Gasteiger partial charge in [-0.25, -0.2) is 0 Å². The summed E-state index contributed by atoms with van der Waals surface area (Å²) in [6.07, 6.45) is -4.81. The van der Waals surface area contributed by atoms with Gasteiger partial charge in [-0.3, -0.25) is 4.79 Å². The van der Waals surface area contributed by atoms with E-state index in [1.165, 1.54) is 30.0 Å². The molecule has 0 radical (unpaired) electrons. The molecule has 1 amide bonds. The van der Waals surface area contributed by atoms with Crippen molar-refractivity contribution in [3.05, 3.63) is 29.8 Å². The van der Waals surface area contributed by atoms with Gasteiger partial charge in [-0.1, -0.05) is 12.1 Å². The molecule has 1 heterocycles. The second kappa shape index (κ2) is 5.93. The number of hydrogen-bond donors (Lipinski definition) is 1. The van der Waals surface area contributed by atoms with Crippen LogP contribution in [0.25, 0.3) is 0 Å². The molecule has 7 heteroatoms. The molecule has 1 aromatic rings. The predicted molar refractivity (Wildman–Crippen MR) is 70.7 cm³/mol. The predicted octanol–water partition coefficient (Wildman–Crippen LogP) is 2.03. The molecule has 1 saturated heterocycles. The molecule has 0 bridgehead atoms.